The van der Waals surface area contributed by atoms with E-state index in [0.717, 1.165) is 41.8 Å². The Hall–Kier alpha value is -2.82. The zero-order valence-corrected chi connectivity index (χ0v) is 15.5. The topological polar surface area (TPSA) is 58.6 Å². The Morgan fingerprint density at radius 3 is 2.81 bits per heavy atom. The van der Waals surface area contributed by atoms with E-state index in [0.29, 0.717) is 25.1 Å². The molecule has 2 aromatic carbocycles. The standard InChI is InChI=1S/C22H24N2O3/c1-15-11-19-12-16(8-9-20(19)27-15)22(26)23-13-17-5-2-3-6-18(17)14-24-10-4-7-21(24)25/h2-3,5-6,8-9,12,15H,4,7,10-11,13-14H2,1H3,(H,23,26)/t15-/m1/s1. The SMILES string of the molecule is C[C@@H]1Cc2cc(C(=O)NCc3ccccc3CN3CCCC3=O)ccc2O1. The number of carbonyl (C=O) groups excluding carboxylic acids is 2. The van der Waals surface area contributed by atoms with Gasteiger partial charge in [-0.25, -0.2) is 0 Å². The first-order valence-corrected chi connectivity index (χ1v) is 9.52. The molecule has 0 saturated carbocycles. The van der Waals surface area contributed by atoms with Gasteiger partial charge in [-0.05, 0) is 48.2 Å². The maximum atomic E-state index is 12.6. The number of fused-ring (bicyclic) bond motifs is 1. The van der Waals surface area contributed by atoms with E-state index in [1.807, 2.05) is 48.2 Å². The molecule has 5 heteroatoms. The maximum absolute atomic E-state index is 12.6. The van der Waals surface area contributed by atoms with Crippen molar-refractivity contribution < 1.29 is 14.3 Å². The summed E-state index contributed by atoms with van der Waals surface area (Å²) in [6, 6.07) is 13.6. The van der Waals surface area contributed by atoms with Crippen molar-refractivity contribution in [3.8, 4) is 5.75 Å². The van der Waals surface area contributed by atoms with Crippen LogP contribution < -0.4 is 10.1 Å². The molecule has 4 rings (SSSR count). The molecule has 0 bridgehead atoms. The average Bonchev–Trinajstić information content (AvgIpc) is 3.24. The molecule has 140 valence electrons. The van der Waals surface area contributed by atoms with Gasteiger partial charge >= 0.3 is 0 Å². The Bertz CT molecular complexity index is 878. The van der Waals surface area contributed by atoms with Crippen molar-refractivity contribution in [1.82, 2.24) is 10.2 Å². The second-order valence-corrected chi connectivity index (χ2v) is 7.33. The Balaban J connectivity index is 1.42. The number of hydrogen-bond acceptors (Lipinski definition) is 3. The summed E-state index contributed by atoms with van der Waals surface area (Å²) >= 11 is 0. The van der Waals surface area contributed by atoms with E-state index in [9.17, 15) is 9.59 Å². The predicted molar refractivity (Wildman–Crippen MR) is 102 cm³/mol. The van der Waals surface area contributed by atoms with Gasteiger partial charge in [-0.15, -0.1) is 0 Å². The van der Waals surface area contributed by atoms with Gasteiger partial charge in [0.25, 0.3) is 5.91 Å². The van der Waals surface area contributed by atoms with Crippen molar-refractivity contribution in [3.05, 3.63) is 64.7 Å². The van der Waals surface area contributed by atoms with Crippen molar-refractivity contribution in [2.45, 2.75) is 45.4 Å². The molecule has 2 heterocycles. The number of amides is 2. The summed E-state index contributed by atoms with van der Waals surface area (Å²) in [7, 11) is 0. The van der Waals surface area contributed by atoms with Crippen molar-refractivity contribution in [2.75, 3.05) is 6.54 Å². The van der Waals surface area contributed by atoms with E-state index >= 15 is 0 Å². The van der Waals surface area contributed by atoms with Crippen LogP contribution in [0.4, 0.5) is 0 Å². The molecule has 2 amide bonds. The molecule has 0 aliphatic carbocycles. The third-order valence-corrected chi connectivity index (χ3v) is 5.25. The van der Waals surface area contributed by atoms with Gasteiger partial charge in [0, 0.05) is 38.0 Å². The Morgan fingerprint density at radius 1 is 1.22 bits per heavy atom. The monoisotopic (exact) mass is 364 g/mol. The van der Waals surface area contributed by atoms with Gasteiger partial charge in [0.05, 0.1) is 0 Å². The number of ether oxygens (including phenoxy) is 1. The molecule has 27 heavy (non-hydrogen) atoms. The molecular formula is C22H24N2O3. The minimum Gasteiger partial charge on any atom is -0.490 e. The molecule has 1 fully saturated rings. The average molecular weight is 364 g/mol. The van der Waals surface area contributed by atoms with Gasteiger partial charge in [-0.3, -0.25) is 9.59 Å². The fourth-order valence-corrected chi connectivity index (χ4v) is 3.80. The highest BCUT2D eigenvalue weighted by atomic mass is 16.5. The van der Waals surface area contributed by atoms with Gasteiger partial charge in [-0.1, -0.05) is 24.3 Å². The van der Waals surface area contributed by atoms with Crippen molar-refractivity contribution in [2.24, 2.45) is 0 Å². The number of carbonyl (C=O) groups is 2. The van der Waals surface area contributed by atoms with Crippen LogP contribution in [-0.4, -0.2) is 29.4 Å². The summed E-state index contributed by atoms with van der Waals surface area (Å²) in [6.45, 7) is 3.90. The number of nitrogens with one attached hydrogen (secondary N) is 1. The lowest BCUT2D eigenvalue weighted by atomic mass is 10.1. The summed E-state index contributed by atoms with van der Waals surface area (Å²) in [6.07, 6.45) is 2.57. The van der Waals surface area contributed by atoms with Crippen molar-refractivity contribution >= 4 is 11.8 Å². The van der Waals surface area contributed by atoms with E-state index < -0.39 is 0 Å². The van der Waals surface area contributed by atoms with E-state index in [4.69, 9.17) is 4.74 Å². The highest BCUT2D eigenvalue weighted by Crippen LogP contribution is 2.29. The normalized spacial score (nSPS) is 18.3. The molecule has 0 unspecified atom stereocenters. The fraction of sp³-hybridized carbons (Fsp3) is 0.364. The Kier molecular flexibility index (Phi) is 4.84. The second kappa shape index (κ2) is 7.43. The summed E-state index contributed by atoms with van der Waals surface area (Å²) in [5, 5.41) is 3.01. The summed E-state index contributed by atoms with van der Waals surface area (Å²) < 4.78 is 5.69. The number of hydrogen-bond donors (Lipinski definition) is 1. The molecule has 2 aliphatic heterocycles. The van der Waals surface area contributed by atoms with Gasteiger partial charge in [0.1, 0.15) is 11.9 Å². The molecule has 5 nitrogen and oxygen atoms in total. The van der Waals surface area contributed by atoms with Crippen LogP contribution in [0.25, 0.3) is 0 Å². The second-order valence-electron chi connectivity index (χ2n) is 7.33. The third kappa shape index (κ3) is 3.82. The molecule has 2 aromatic rings. The van der Waals surface area contributed by atoms with Crippen LogP contribution in [0.2, 0.25) is 0 Å². The minimum atomic E-state index is -0.0931. The van der Waals surface area contributed by atoms with E-state index in [1.165, 1.54) is 0 Å². The lowest BCUT2D eigenvalue weighted by Gasteiger charge is -2.18. The van der Waals surface area contributed by atoms with E-state index in [2.05, 4.69) is 5.32 Å². The molecule has 0 spiro atoms. The first-order chi connectivity index (χ1) is 13.1. The fourth-order valence-electron chi connectivity index (χ4n) is 3.80. The molecular weight excluding hydrogens is 340 g/mol. The number of likely N-dealkylation sites (tertiary alicyclic amines) is 1. The summed E-state index contributed by atoms with van der Waals surface area (Å²) in [5.74, 6) is 0.993. The van der Waals surface area contributed by atoms with Crippen LogP contribution in [0.3, 0.4) is 0 Å². The van der Waals surface area contributed by atoms with Crippen molar-refractivity contribution in [1.29, 1.82) is 0 Å². The lowest BCUT2D eigenvalue weighted by Crippen LogP contribution is -2.26. The van der Waals surface area contributed by atoms with Crippen LogP contribution in [0, 0.1) is 0 Å². The maximum Gasteiger partial charge on any atom is 0.251 e. The van der Waals surface area contributed by atoms with Crippen LogP contribution in [0.5, 0.6) is 5.75 Å². The largest absolute Gasteiger partial charge is 0.490 e. The van der Waals surface area contributed by atoms with Gasteiger partial charge < -0.3 is 15.0 Å². The first kappa shape index (κ1) is 17.6. The molecule has 1 saturated heterocycles. The Labute approximate surface area is 159 Å². The van der Waals surface area contributed by atoms with Crippen molar-refractivity contribution in [3.63, 3.8) is 0 Å². The summed E-state index contributed by atoms with van der Waals surface area (Å²) in [5.41, 5.74) is 3.87. The van der Waals surface area contributed by atoms with Gasteiger partial charge in [-0.2, -0.15) is 0 Å². The predicted octanol–water partition coefficient (Wildman–Crippen LogP) is 3.06. The minimum absolute atomic E-state index is 0.0931. The highest BCUT2D eigenvalue weighted by Gasteiger charge is 2.22. The van der Waals surface area contributed by atoms with Crippen LogP contribution in [0.1, 0.15) is 46.8 Å². The zero-order chi connectivity index (χ0) is 18.8. The third-order valence-electron chi connectivity index (χ3n) is 5.25. The van der Waals surface area contributed by atoms with Gasteiger partial charge in [0.15, 0.2) is 0 Å². The smallest absolute Gasteiger partial charge is 0.251 e. The lowest BCUT2D eigenvalue weighted by molar-refractivity contribution is -0.128. The number of nitrogens with zero attached hydrogens (tertiary/aromatic N) is 1. The van der Waals surface area contributed by atoms with E-state index in [-0.39, 0.29) is 17.9 Å². The molecule has 0 aromatic heterocycles. The number of rotatable bonds is 5. The van der Waals surface area contributed by atoms with Crippen LogP contribution in [0.15, 0.2) is 42.5 Å². The van der Waals surface area contributed by atoms with Crippen LogP contribution >= 0.6 is 0 Å². The zero-order valence-electron chi connectivity index (χ0n) is 15.5. The number of benzene rings is 2. The first-order valence-electron chi connectivity index (χ1n) is 9.52. The quantitative estimate of drug-likeness (QED) is 0.887. The molecule has 0 radical (unpaired) electrons. The van der Waals surface area contributed by atoms with E-state index in [1.54, 1.807) is 6.07 Å². The Morgan fingerprint density at radius 2 is 2.04 bits per heavy atom. The van der Waals surface area contributed by atoms with Crippen LogP contribution in [-0.2, 0) is 24.3 Å². The molecule has 1 N–H and O–H groups in total. The highest BCUT2D eigenvalue weighted by molar-refractivity contribution is 5.94. The van der Waals surface area contributed by atoms with Gasteiger partial charge in [0.2, 0.25) is 5.91 Å². The molecule has 2 aliphatic rings. The molecule has 1 atom stereocenters. The summed E-state index contributed by atoms with van der Waals surface area (Å²) in [4.78, 5) is 26.4.